The molecule has 2 heterocycles. The second-order valence-electron chi connectivity index (χ2n) is 3.34. The van der Waals surface area contributed by atoms with Crippen LogP contribution in [0.25, 0.3) is 0 Å². The monoisotopic (exact) mass is 155 g/mol. The van der Waals surface area contributed by atoms with E-state index < -0.39 is 0 Å². The van der Waals surface area contributed by atoms with Gasteiger partial charge in [0.2, 0.25) is 5.91 Å². The van der Waals surface area contributed by atoms with Gasteiger partial charge in [-0.2, -0.15) is 0 Å². The topological polar surface area (TPSA) is 44.4 Å². The molecule has 11 heavy (non-hydrogen) atoms. The van der Waals surface area contributed by atoms with Gasteiger partial charge in [-0.05, 0) is 6.42 Å². The number of likely N-dealkylation sites (tertiary alicyclic amines) is 1. The normalized spacial score (nSPS) is 35.9. The summed E-state index contributed by atoms with van der Waals surface area (Å²) < 4.78 is 0. The van der Waals surface area contributed by atoms with Crippen molar-refractivity contribution in [2.45, 2.75) is 25.4 Å². The molecule has 0 aliphatic carbocycles. The summed E-state index contributed by atoms with van der Waals surface area (Å²) in [7, 11) is 0. The van der Waals surface area contributed by atoms with Crippen LogP contribution in [-0.4, -0.2) is 36.0 Å². The van der Waals surface area contributed by atoms with Gasteiger partial charge in [-0.15, -0.1) is 0 Å². The summed E-state index contributed by atoms with van der Waals surface area (Å²) >= 11 is 0. The molecule has 0 saturated carbocycles. The molecule has 4 heteroatoms. The number of amides is 1. The third kappa shape index (κ3) is 1.23. The fourth-order valence-corrected chi connectivity index (χ4v) is 1.80. The Kier molecular flexibility index (Phi) is 1.58. The van der Waals surface area contributed by atoms with Crippen molar-refractivity contribution in [1.82, 2.24) is 15.8 Å². The van der Waals surface area contributed by atoms with E-state index in [1.165, 1.54) is 0 Å². The Morgan fingerprint density at radius 3 is 2.36 bits per heavy atom. The van der Waals surface area contributed by atoms with Gasteiger partial charge in [-0.3, -0.25) is 15.6 Å². The quantitative estimate of drug-likeness (QED) is 0.475. The van der Waals surface area contributed by atoms with Crippen LogP contribution in [0.3, 0.4) is 0 Å². The number of hydrazine groups is 1. The first kappa shape index (κ1) is 7.06. The van der Waals surface area contributed by atoms with E-state index in [1.54, 1.807) is 6.92 Å². The SMILES string of the molecule is CC(=O)N1CC2CC(C1)NN2. The van der Waals surface area contributed by atoms with Gasteiger partial charge in [0.1, 0.15) is 0 Å². The van der Waals surface area contributed by atoms with Crippen LogP contribution in [0.2, 0.25) is 0 Å². The first-order valence-electron chi connectivity index (χ1n) is 4.02. The molecule has 2 fully saturated rings. The molecule has 1 amide bonds. The number of fused-ring (bicyclic) bond motifs is 2. The number of carbonyl (C=O) groups excluding carboxylic acids is 1. The van der Waals surface area contributed by atoms with Gasteiger partial charge >= 0.3 is 0 Å². The van der Waals surface area contributed by atoms with E-state index >= 15 is 0 Å². The summed E-state index contributed by atoms with van der Waals surface area (Å²) in [4.78, 5) is 12.9. The third-order valence-corrected chi connectivity index (χ3v) is 2.39. The largest absolute Gasteiger partial charge is 0.340 e. The molecular formula is C7H13N3O. The Morgan fingerprint density at radius 2 is 1.91 bits per heavy atom. The lowest BCUT2D eigenvalue weighted by molar-refractivity contribution is -0.129. The number of hydrogen-bond acceptors (Lipinski definition) is 3. The summed E-state index contributed by atoms with van der Waals surface area (Å²) in [6.07, 6.45) is 1.16. The maximum Gasteiger partial charge on any atom is 0.219 e. The van der Waals surface area contributed by atoms with Crippen LogP contribution in [0.1, 0.15) is 13.3 Å². The summed E-state index contributed by atoms with van der Waals surface area (Å²) in [6, 6.07) is 0.940. The number of carbonyl (C=O) groups is 1. The van der Waals surface area contributed by atoms with Crippen molar-refractivity contribution in [3.8, 4) is 0 Å². The highest BCUT2D eigenvalue weighted by atomic mass is 16.2. The number of hydrogen-bond donors (Lipinski definition) is 2. The lowest BCUT2D eigenvalue weighted by atomic mass is 10.0. The average Bonchev–Trinajstić information content (AvgIpc) is 2.30. The smallest absolute Gasteiger partial charge is 0.219 e. The Morgan fingerprint density at radius 1 is 1.36 bits per heavy atom. The predicted octanol–water partition coefficient (Wildman–Crippen LogP) is -0.916. The molecule has 2 aliphatic rings. The second-order valence-corrected chi connectivity index (χ2v) is 3.34. The van der Waals surface area contributed by atoms with E-state index in [2.05, 4.69) is 10.9 Å². The van der Waals surface area contributed by atoms with Gasteiger partial charge in [0, 0.05) is 32.1 Å². The standard InChI is InChI=1S/C7H13N3O/c1-5(11)10-3-6-2-7(4-10)9-8-6/h6-9H,2-4H2,1H3. The number of rotatable bonds is 0. The first-order valence-corrected chi connectivity index (χ1v) is 4.02. The fourth-order valence-electron chi connectivity index (χ4n) is 1.80. The van der Waals surface area contributed by atoms with Crippen LogP contribution in [0.5, 0.6) is 0 Å². The molecule has 2 N–H and O–H groups in total. The van der Waals surface area contributed by atoms with E-state index in [1.807, 2.05) is 4.90 Å². The zero-order valence-corrected chi connectivity index (χ0v) is 6.63. The number of nitrogens with one attached hydrogen (secondary N) is 2. The molecule has 2 bridgehead atoms. The molecule has 2 unspecified atom stereocenters. The van der Waals surface area contributed by atoms with Gasteiger partial charge in [0.05, 0.1) is 0 Å². The van der Waals surface area contributed by atoms with Crippen LogP contribution < -0.4 is 10.9 Å². The first-order chi connectivity index (χ1) is 5.25. The third-order valence-electron chi connectivity index (χ3n) is 2.39. The predicted molar refractivity (Wildman–Crippen MR) is 40.7 cm³/mol. The zero-order chi connectivity index (χ0) is 7.84. The average molecular weight is 155 g/mol. The molecule has 4 nitrogen and oxygen atoms in total. The van der Waals surface area contributed by atoms with Crippen molar-refractivity contribution in [3.63, 3.8) is 0 Å². The summed E-state index contributed by atoms with van der Waals surface area (Å²) in [5, 5.41) is 0. The summed E-state index contributed by atoms with van der Waals surface area (Å²) in [5.41, 5.74) is 6.32. The molecule has 0 aromatic heterocycles. The van der Waals surface area contributed by atoms with Crippen LogP contribution in [-0.2, 0) is 4.79 Å². The summed E-state index contributed by atoms with van der Waals surface area (Å²) in [6.45, 7) is 3.35. The highest BCUT2D eigenvalue weighted by Crippen LogP contribution is 2.14. The summed E-state index contributed by atoms with van der Waals surface area (Å²) in [5.74, 6) is 0.185. The lowest BCUT2D eigenvalue weighted by Gasteiger charge is -2.29. The molecular weight excluding hydrogens is 142 g/mol. The van der Waals surface area contributed by atoms with Crippen molar-refractivity contribution in [1.29, 1.82) is 0 Å². The highest BCUT2D eigenvalue weighted by molar-refractivity contribution is 5.73. The second kappa shape index (κ2) is 2.46. The maximum atomic E-state index is 11.0. The molecule has 0 aromatic rings. The van der Waals surface area contributed by atoms with Crippen LogP contribution in [0.15, 0.2) is 0 Å². The maximum absolute atomic E-state index is 11.0. The zero-order valence-electron chi connectivity index (χ0n) is 6.63. The van der Waals surface area contributed by atoms with Gasteiger partial charge in [-0.1, -0.05) is 0 Å². The van der Waals surface area contributed by atoms with Gasteiger partial charge in [-0.25, -0.2) is 0 Å². The number of nitrogens with zero attached hydrogens (tertiary/aromatic N) is 1. The van der Waals surface area contributed by atoms with E-state index in [4.69, 9.17) is 0 Å². The van der Waals surface area contributed by atoms with Gasteiger partial charge in [0.25, 0.3) is 0 Å². The molecule has 2 saturated heterocycles. The van der Waals surface area contributed by atoms with Crippen molar-refractivity contribution in [2.24, 2.45) is 0 Å². The van der Waals surface area contributed by atoms with Crippen LogP contribution >= 0.6 is 0 Å². The molecule has 2 atom stereocenters. The molecule has 2 aliphatic heterocycles. The fraction of sp³-hybridized carbons (Fsp3) is 0.857. The minimum absolute atomic E-state index is 0.185. The van der Waals surface area contributed by atoms with Crippen molar-refractivity contribution in [3.05, 3.63) is 0 Å². The van der Waals surface area contributed by atoms with E-state index in [0.29, 0.717) is 12.1 Å². The van der Waals surface area contributed by atoms with Gasteiger partial charge in [0.15, 0.2) is 0 Å². The van der Waals surface area contributed by atoms with Crippen molar-refractivity contribution >= 4 is 5.91 Å². The van der Waals surface area contributed by atoms with E-state index in [0.717, 1.165) is 19.5 Å². The molecule has 62 valence electrons. The lowest BCUT2D eigenvalue weighted by Crippen LogP contribution is -2.45. The molecule has 0 aromatic carbocycles. The van der Waals surface area contributed by atoms with Crippen molar-refractivity contribution in [2.75, 3.05) is 13.1 Å². The molecule has 0 spiro atoms. The Balaban J connectivity index is 2.02. The van der Waals surface area contributed by atoms with E-state index in [-0.39, 0.29) is 5.91 Å². The van der Waals surface area contributed by atoms with E-state index in [9.17, 15) is 4.79 Å². The Bertz CT molecular complexity index is 171. The van der Waals surface area contributed by atoms with Crippen LogP contribution in [0, 0.1) is 0 Å². The van der Waals surface area contributed by atoms with Gasteiger partial charge < -0.3 is 4.90 Å². The molecule has 0 radical (unpaired) electrons. The highest BCUT2D eigenvalue weighted by Gasteiger charge is 2.33. The Labute approximate surface area is 65.9 Å². The Hall–Kier alpha value is -0.610. The molecule has 2 rings (SSSR count). The van der Waals surface area contributed by atoms with Crippen molar-refractivity contribution < 1.29 is 4.79 Å². The number of piperidine rings is 1. The minimum atomic E-state index is 0.185. The minimum Gasteiger partial charge on any atom is -0.340 e. The van der Waals surface area contributed by atoms with Crippen LogP contribution in [0.4, 0.5) is 0 Å².